The van der Waals surface area contributed by atoms with Crippen LogP contribution in [0.2, 0.25) is 0 Å². The molecular formula is C44H57F3N6O10. The number of halogens is 3. The molecule has 16 nitrogen and oxygen atoms in total. The molecule has 0 spiro atoms. The maximum Gasteiger partial charge on any atom is 0.391 e. The number of aldehydes is 1. The summed E-state index contributed by atoms with van der Waals surface area (Å²) >= 11 is 0. The molecule has 1 heterocycles. The van der Waals surface area contributed by atoms with Crippen LogP contribution in [0.25, 0.3) is 0 Å². The van der Waals surface area contributed by atoms with E-state index in [4.69, 9.17) is 9.15 Å². The van der Waals surface area contributed by atoms with Crippen LogP contribution in [-0.2, 0) is 46.5 Å². The third kappa shape index (κ3) is 17.3. The first-order valence-electron chi connectivity index (χ1n) is 20.3. The molecule has 0 aliphatic rings. The van der Waals surface area contributed by atoms with Gasteiger partial charge in [0.15, 0.2) is 5.76 Å². The molecule has 0 bridgehead atoms. The van der Waals surface area contributed by atoms with Gasteiger partial charge in [0.2, 0.25) is 29.5 Å². The molecule has 1 unspecified atom stereocenters. The molecule has 344 valence electrons. The van der Waals surface area contributed by atoms with E-state index in [1.54, 1.807) is 96.1 Å². The summed E-state index contributed by atoms with van der Waals surface area (Å²) in [5.74, 6) is -5.84. The molecule has 6 atom stereocenters. The van der Waals surface area contributed by atoms with Gasteiger partial charge in [-0.15, -0.1) is 0 Å². The number of hydrogen-bond donors (Lipinski definition) is 7. The fourth-order valence-electron chi connectivity index (χ4n) is 6.24. The summed E-state index contributed by atoms with van der Waals surface area (Å²) in [7, 11) is 0. The topological polar surface area (TPSA) is 234 Å². The Morgan fingerprint density at radius 2 is 1.32 bits per heavy atom. The molecule has 0 aliphatic heterocycles. The van der Waals surface area contributed by atoms with Crippen LogP contribution in [0.5, 0.6) is 0 Å². The second kappa shape index (κ2) is 23.9. The lowest BCUT2D eigenvalue weighted by Gasteiger charge is -2.34. The zero-order chi connectivity index (χ0) is 46.9. The Labute approximate surface area is 363 Å². The quantitative estimate of drug-likeness (QED) is 0.0689. The van der Waals surface area contributed by atoms with Crippen LogP contribution in [-0.4, -0.2) is 102 Å². The summed E-state index contributed by atoms with van der Waals surface area (Å²) in [6, 6.07) is 9.55. The lowest BCUT2D eigenvalue weighted by Crippen LogP contribution is -2.62. The Morgan fingerprint density at radius 3 is 1.89 bits per heavy atom. The lowest BCUT2D eigenvalue weighted by atomic mass is 9.85. The zero-order valence-corrected chi connectivity index (χ0v) is 36.0. The highest BCUT2D eigenvalue weighted by atomic mass is 19.4. The van der Waals surface area contributed by atoms with Gasteiger partial charge in [-0.1, -0.05) is 89.2 Å². The molecule has 1 aromatic heterocycles. The smallest absolute Gasteiger partial charge is 0.391 e. The summed E-state index contributed by atoms with van der Waals surface area (Å²) in [6.07, 6.45) is -5.33. The summed E-state index contributed by atoms with van der Waals surface area (Å²) < 4.78 is 50.1. The standard InChI is InChI=1S/C44H57F3N6O10/c1-26(2)19-31(37(56)48-30(22-54)21-44(45,46)47)50-42(61)36(43(4,5)6)53-38(57)32(20-29-16-11-10-13-27(29)3)49-40(59)34(25-62-24-28-14-8-7-9-15-28)52-39(58)33(23-55)51-41(60)35-17-12-18-63-35/h7-18,22,26,30-34,36,55H,19-21,23-25H2,1-6H3,(H,48,56)(H,49,59)(H,50,61)(H,51,60)(H,52,58)(H,53,57)/t30?,31-,32-,33-,34+,36+/m0/s1. The van der Waals surface area contributed by atoms with Crippen molar-refractivity contribution in [3.05, 3.63) is 95.4 Å². The molecule has 6 amide bonds. The van der Waals surface area contributed by atoms with Crippen LogP contribution in [0.4, 0.5) is 13.2 Å². The molecule has 0 saturated heterocycles. The van der Waals surface area contributed by atoms with Gasteiger partial charge in [0.1, 0.15) is 36.5 Å². The van der Waals surface area contributed by atoms with E-state index in [9.17, 15) is 51.8 Å². The molecule has 63 heavy (non-hydrogen) atoms. The molecule has 19 heteroatoms. The Balaban J connectivity index is 1.93. The Bertz CT molecular complexity index is 1990. The number of carbonyl (C=O) groups excluding carboxylic acids is 7. The van der Waals surface area contributed by atoms with Crippen molar-refractivity contribution in [3.63, 3.8) is 0 Å². The van der Waals surface area contributed by atoms with Gasteiger partial charge in [0.05, 0.1) is 38.5 Å². The monoisotopic (exact) mass is 886 g/mol. The predicted molar refractivity (Wildman–Crippen MR) is 223 cm³/mol. The summed E-state index contributed by atoms with van der Waals surface area (Å²) in [5, 5.41) is 24.8. The summed E-state index contributed by atoms with van der Waals surface area (Å²) in [5.41, 5.74) is 1.07. The van der Waals surface area contributed by atoms with Gasteiger partial charge < -0.3 is 51.0 Å². The van der Waals surface area contributed by atoms with E-state index in [1.807, 2.05) is 5.32 Å². The minimum atomic E-state index is -4.76. The first-order valence-corrected chi connectivity index (χ1v) is 20.3. The lowest BCUT2D eigenvalue weighted by molar-refractivity contribution is -0.147. The number of nitrogens with one attached hydrogen (secondary N) is 6. The molecular weight excluding hydrogens is 830 g/mol. The molecule has 3 rings (SSSR count). The highest BCUT2D eigenvalue weighted by Gasteiger charge is 2.39. The van der Waals surface area contributed by atoms with Crippen LogP contribution in [0.3, 0.4) is 0 Å². The van der Waals surface area contributed by atoms with E-state index in [1.165, 1.54) is 18.4 Å². The number of carbonyl (C=O) groups is 7. The van der Waals surface area contributed by atoms with Crippen LogP contribution in [0.15, 0.2) is 77.4 Å². The molecule has 0 fully saturated rings. The molecule has 7 N–H and O–H groups in total. The molecule has 3 aromatic rings. The maximum atomic E-state index is 14.4. The Hall–Kier alpha value is -6.08. The third-order valence-corrected chi connectivity index (χ3v) is 9.59. The summed E-state index contributed by atoms with van der Waals surface area (Å²) in [4.78, 5) is 93.4. The second-order valence-electron chi connectivity index (χ2n) is 16.5. The largest absolute Gasteiger partial charge is 0.459 e. The minimum Gasteiger partial charge on any atom is -0.459 e. The number of aliphatic hydroxyl groups excluding tert-OH is 1. The molecule has 0 radical (unpaired) electrons. The highest BCUT2D eigenvalue weighted by Crippen LogP contribution is 2.23. The maximum absolute atomic E-state index is 14.4. The number of alkyl halides is 3. The van der Waals surface area contributed by atoms with Gasteiger partial charge in [0.25, 0.3) is 5.91 Å². The van der Waals surface area contributed by atoms with Crippen LogP contribution >= 0.6 is 0 Å². The zero-order valence-electron chi connectivity index (χ0n) is 36.0. The fraction of sp³-hybridized carbons (Fsp3) is 0.477. The van der Waals surface area contributed by atoms with Crippen molar-refractivity contribution in [2.45, 2.75) is 110 Å². The van der Waals surface area contributed by atoms with Gasteiger partial charge in [0, 0.05) is 6.42 Å². The van der Waals surface area contributed by atoms with Crippen molar-refractivity contribution in [2.75, 3.05) is 13.2 Å². The van der Waals surface area contributed by atoms with Gasteiger partial charge in [-0.3, -0.25) is 28.8 Å². The molecule has 0 saturated carbocycles. The Kier molecular flexibility index (Phi) is 19.5. The predicted octanol–water partition coefficient (Wildman–Crippen LogP) is 2.81. The number of ether oxygens (including phenoxy) is 1. The number of aryl methyl sites for hydroxylation is 1. The van der Waals surface area contributed by atoms with E-state index >= 15 is 0 Å². The van der Waals surface area contributed by atoms with Gasteiger partial charge in [-0.25, -0.2) is 0 Å². The van der Waals surface area contributed by atoms with Gasteiger partial charge in [-0.2, -0.15) is 13.2 Å². The van der Waals surface area contributed by atoms with Crippen molar-refractivity contribution < 1.29 is 61.0 Å². The SMILES string of the molecule is Cc1ccccc1C[C@H](NC(=O)[C@@H](COCc1ccccc1)NC(=O)[C@H](CO)NC(=O)c1ccco1)C(=O)N[C@H](C(=O)N[C@@H](CC(C)C)C(=O)NC(C=O)CC(F)(F)F)C(C)(C)C. The van der Waals surface area contributed by atoms with Crippen molar-refractivity contribution in [1.29, 1.82) is 0 Å². The average molecular weight is 887 g/mol. The number of aliphatic hydroxyl groups is 1. The van der Waals surface area contributed by atoms with Crippen LogP contribution in [0, 0.1) is 18.3 Å². The summed E-state index contributed by atoms with van der Waals surface area (Å²) in [6.45, 7) is 8.78. The van der Waals surface area contributed by atoms with E-state index in [0.29, 0.717) is 5.56 Å². The average Bonchev–Trinajstić information content (AvgIpc) is 3.76. The number of hydrogen-bond acceptors (Lipinski definition) is 10. The van der Waals surface area contributed by atoms with E-state index in [-0.39, 0.29) is 37.4 Å². The van der Waals surface area contributed by atoms with Crippen molar-refractivity contribution in [2.24, 2.45) is 11.3 Å². The third-order valence-electron chi connectivity index (χ3n) is 9.59. The van der Waals surface area contributed by atoms with E-state index in [2.05, 4.69) is 26.6 Å². The molecule has 2 aromatic carbocycles. The number of furan rings is 1. The highest BCUT2D eigenvalue weighted by molar-refractivity contribution is 5.98. The number of benzene rings is 2. The molecule has 0 aliphatic carbocycles. The van der Waals surface area contributed by atoms with Crippen LogP contribution < -0.4 is 31.9 Å². The van der Waals surface area contributed by atoms with Gasteiger partial charge >= 0.3 is 6.18 Å². The van der Waals surface area contributed by atoms with Gasteiger partial charge in [-0.05, 0) is 53.5 Å². The fourth-order valence-corrected chi connectivity index (χ4v) is 6.24. The second-order valence-corrected chi connectivity index (χ2v) is 16.5. The first kappa shape index (κ1) is 51.3. The van der Waals surface area contributed by atoms with Crippen molar-refractivity contribution in [1.82, 2.24) is 31.9 Å². The minimum absolute atomic E-state index is 0.0165. The van der Waals surface area contributed by atoms with E-state index < -0.39 is 103 Å². The first-order chi connectivity index (χ1) is 29.6. The van der Waals surface area contributed by atoms with E-state index in [0.717, 1.165) is 11.1 Å². The normalized spacial score (nSPS) is 14.5. The van der Waals surface area contributed by atoms with Crippen LogP contribution in [0.1, 0.15) is 74.7 Å². The van der Waals surface area contributed by atoms with Crippen molar-refractivity contribution in [3.8, 4) is 0 Å². The number of rotatable bonds is 23. The Morgan fingerprint density at radius 1 is 0.730 bits per heavy atom. The number of amides is 6. The van der Waals surface area contributed by atoms with Crippen molar-refractivity contribution >= 4 is 41.7 Å².